The van der Waals surface area contributed by atoms with E-state index in [9.17, 15) is 0 Å². The van der Waals surface area contributed by atoms with Crippen molar-refractivity contribution in [1.29, 1.82) is 0 Å². The summed E-state index contributed by atoms with van der Waals surface area (Å²) in [4.78, 5) is 0. The molecule has 0 unspecified atom stereocenters. The summed E-state index contributed by atoms with van der Waals surface area (Å²) in [6.45, 7) is 1.69. The zero-order valence-electron chi connectivity index (χ0n) is 4.15. The smallest absolute Gasteiger partial charge is 0.115 e. The SMILES string of the molecule is CNC(C)(N)N. The van der Waals surface area contributed by atoms with Crippen molar-refractivity contribution < 1.29 is 0 Å². The van der Waals surface area contributed by atoms with Gasteiger partial charge in [0.25, 0.3) is 0 Å². The second kappa shape index (κ2) is 1.55. The normalized spacial score (nSPS) is 12.0. The fourth-order valence-electron chi connectivity index (χ4n) is 0. The molecule has 0 rings (SSSR count). The van der Waals surface area contributed by atoms with Gasteiger partial charge in [0.1, 0.15) is 5.79 Å². The van der Waals surface area contributed by atoms with Crippen LogP contribution in [0, 0.1) is 0 Å². The quantitative estimate of drug-likeness (QED) is 0.353. The molecule has 0 amide bonds. The number of nitrogens with two attached hydrogens (primary N) is 2. The van der Waals surface area contributed by atoms with Crippen LogP contribution in [0.3, 0.4) is 0 Å². The minimum Gasteiger partial charge on any atom is -0.301 e. The Labute approximate surface area is 37.7 Å². The highest BCUT2D eigenvalue weighted by Crippen LogP contribution is 1.70. The zero-order chi connectivity index (χ0) is 5.21. The van der Waals surface area contributed by atoms with E-state index in [1.165, 1.54) is 0 Å². The second-order valence-corrected chi connectivity index (χ2v) is 1.53. The molecule has 3 heteroatoms. The number of hydrogen-bond acceptors (Lipinski definition) is 3. The Morgan fingerprint density at radius 1 is 1.50 bits per heavy atom. The van der Waals surface area contributed by atoms with Crippen LogP contribution in [0.1, 0.15) is 6.92 Å². The fourth-order valence-corrected chi connectivity index (χ4v) is 0. The summed E-state index contributed by atoms with van der Waals surface area (Å²) in [5.41, 5.74) is 10.4. The largest absolute Gasteiger partial charge is 0.301 e. The van der Waals surface area contributed by atoms with Crippen LogP contribution in [0.5, 0.6) is 0 Å². The lowest BCUT2D eigenvalue weighted by atomic mass is 10.5. The van der Waals surface area contributed by atoms with E-state index in [0.717, 1.165) is 0 Å². The van der Waals surface area contributed by atoms with E-state index in [-0.39, 0.29) is 0 Å². The molecule has 0 saturated carbocycles. The molecule has 0 fully saturated rings. The molecule has 0 aromatic rings. The molecule has 0 bridgehead atoms. The third-order valence-electron chi connectivity index (χ3n) is 0.539. The van der Waals surface area contributed by atoms with Gasteiger partial charge in [-0.05, 0) is 14.0 Å². The van der Waals surface area contributed by atoms with Gasteiger partial charge in [-0.15, -0.1) is 0 Å². The summed E-state index contributed by atoms with van der Waals surface area (Å²) >= 11 is 0. The highest BCUT2D eigenvalue weighted by atomic mass is 15.2. The third-order valence-corrected chi connectivity index (χ3v) is 0.539. The van der Waals surface area contributed by atoms with Crippen molar-refractivity contribution in [2.75, 3.05) is 7.05 Å². The molecule has 0 aliphatic heterocycles. The van der Waals surface area contributed by atoms with Crippen LogP contribution < -0.4 is 16.8 Å². The summed E-state index contributed by atoms with van der Waals surface area (Å²) in [6, 6.07) is 0. The predicted molar refractivity (Wildman–Crippen MR) is 25.8 cm³/mol. The third kappa shape index (κ3) is 3.88. The molecule has 6 heavy (non-hydrogen) atoms. The Balaban J connectivity index is 3.17. The van der Waals surface area contributed by atoms with E-state index in [2.05, 4.69) is 5.32 Å². The maximum atomic E-state index is 5.20. The van der Waals surface area contributed by atoms with Crippen molar-refractivity contribution in [3.05, 3.63) is 0 Å². The van der Waals surface area contributed by atoms with Crippen LogP contribution in [-0.2, 0) is 0 Å². The molecule has 0 aromatic heterocycles. The summed E-state index contributed by atoms with van der Waals surface area (Å²) in [7, 11) is 1.71. The molecule has 0 aliphatic carbocycles. The van der Waals surface area contributed by atoms with E-state index < -0.39 is 5.79 Å². The van der Waals surface area contributed by atoms with Crippen LogP contribution in [-0.4, -0.2) is 12.8 Å². The van der Waals surface area contributed by atoms with Gasteiger partial charge in [-0.1, -0.05) is 0 Å². The average molecular weight is 89.1 g/mol. The van der Waals surface area contributed by atoms with E-state index in [4.69, 9.17) is 11.5 Å². The maximum Gasteiger partial charge on any atom is 0.115 e. The van der Waals surface area contributed by atoms with Crippen molar-refractivity contribution in [2.45, 2.75) is 12.7 Å². The second-order valence-electron chi connectivity index (χ2n) is 1.53. The van der Waals surface area contributed by atoms with Crippen molar-refractivity contribution in [3.8, 4) is 0 Å². The molecule has 0 aliphatic rings. The van der Waals surface area contributed by atoms with E-state index in [1.807, 2.05) is 0 Å². The van der Waals surface area contributed by atoms with E-state index >= 15 is 0 Å². The Bertz CT molecular complexity index is 35.8. The van der Waals surface area contributed by atoms with Crippen LogP contribution in [0.25, 0.3) is 0 Å². The fraction of sp³-hybridized carbons (Fsp3) is 1.00. The van der Waals surface area contributed by atoms with Crippen LogP contribution >= 0.6 is 0 Å². The first-order valence-electron chi connectivity index (χ1n) is 1.83. The zero-order valence-corrected chi connectivity index (χ0v) is 4.15. The van der Waals surface area contributed by atoms with Gasteiger partial charge in [-0.2, -0.15) is 0 Å². The standard InChI is InChI=1S/C3H11N3/c1-3(4,5)6-2/h6H,4-5H2,1-2H3. The predicted octanol–water partition coefficient (Wildman–Crippen LogP) is -1.20. The molecule has 3 nitrogen and oxygen atoms in total. The van der Waals surface area contributed by atoms with Gasteiger partial charge < -0.3 is 11.5 Å². The van der Waals surface area contributed by atoms with Gasteiger partial charge in [0.05, 0.1) is 0 Å². The summed E-state index contributed by atoms with van der Waals surface area (Å²) in [6.07, 6.45) is 0. The van der Waals surface area contributed by atoms with Crippen molar-refractivity contribution >= 4 is 0 Å². The number of rotatable bonds is 1. The monoisotopic (exact) mass is 89.1 g/mol. The first-order chi connectivity index (χ1) is 2.56. The Hall–Kier alpha value is -0.120. The highest BCUT2D eigenvalue weighted by Gasteiger charge is 2.02. The van der Waals surface area contributed by atoms with Crippen LogP contribution in [0.4, 0.5) is 0 Å². The lowest BCUT2D eigenvalue weighted by Gasteiger charge is -2.15. The molecule has 0 saturated heterocycles. The van der Waals surface area contributed by atoms with Crippen molar-refractivity contribution in [2.24, 2.45) is 11.5 Å². The minimum atomic E-state index is -0.708. The van der Waals surface area contributed by atoms with Gasteiger partial charge >= 0.3 is 0 Å². The lowest BCUT2D eigenvalue weighted by molar-refractivity contribution is 0.417. The van der Waals surface area contributed by atoms with Gasteiger partial charge in [0.15, 0.2) is 0 Å². The van der Waals surface area contributed by atoms with Crippen molar-refractivity contribution in [1.82, 2.24) is 5.32 Å². The molecule has 0 atom stereocenters. The maximum absolute atomic E-state index is 5.20. The van der Waals surface area contributed by atoms with E-state index in [0.29, 0.717) is 0 Å². The summed E-state index contributed by atoms with van der Waals surface area (Å²) in [5.74, 6) is -0.708. The van der Waals surface area contributed by atoms with Gasteiger partial charge in [-0.25, -0.2) is 0 Å². The molecule has 0 aromatic carbocycles. The molecular formula is C3H11N3. The van der Waals surface area contributed by atoms with E-state index in [1.54, 1.807) is 14.0 Å². The van der Waals surface area contributed by atoms with Crippen LogP contribution in [0.2, 0.25) is 0 Å². The first kappa shape index (κ1) is 5.88. The van der Waals surface area contributed by atoms with Crippen LogP contribution in [0.15, 0.2) is 0 Å². The number of nitrogens with one attached hydrogen (secondary N) is 1. The molecule has 38 valence electrons. The minimum absolute atomic E-state index is 0.708. The molecule has 0 heterocycles. The van der Waals surface area contributed by atoms with Gasteiger partial charge in [0.2, 0.25) is 0 Å². The highest BCUT2D eigenvalue weighted by molar-refractivity contribution is 4.60. The lowest BCUT2D eigenvalue weighted by Crippen LogP contribution is -2.56. The van der Waals surface area contributed by atoms with Gasteiger partial charge in [0, 0.05) is 0 Å². The molecule has 0 radical (unpaired) electrons. The number of hydrogen-bond donors (Lipinski definition) is 3. The Morgan fingerprint density at radius 3 is 1.67 bits per heavy atom. The first-order valence-corrected chi connectivity index (χ1v) is 1.83. The molecule has 0 spiro atoms. The van der Waals surface area contributed by atoms with Gasteiger partial charge in [-0.3, -0.25) is 5.32 Å². The topological polar surface area (TPSA) is 64.1 Å². The molecule has 5 N–H and O–H groups in total. The summed E-state index contributed by atoms with van der Waals surface area (Å²) < 4.78 is 0. The van der Waals surface area contributed by atoms with Crippen molar-refractivity contribution in [3.63, 3.8) is 0 Å². The Kier molecular flexibility index (Phi) is 1.52. The molecular weight excluding hydrogens is 78.1 g/mol. The Morgan fingerprint density at radius 2 is 1.67 bits per heavy atom. The summed E-state index contributed by atoms with van der Waals surface area (Å²) in [5, 5.41) is 2.66. The average Bonchev–Trinajstić information content (AvgIpc) is 1.35.